The van der Waals surface area contributed by atoms with Gasteiger partial charge in [0.2, 0.25) is 5.78 Å². The third-order valence-electron chi connectivity index (χ3n) is 2.92. The molecule has 0 saturated carbocycles. The maximum Gasteiger partial charge on any atom is 0.203 e. The van der Waals surface area contributed by atoms with Crippen LogP contribution in [0.15, 0.2) is 42.5 Å². The van der Waals surface area contributed by atoms with Gasteiger partial charge < -0.3 is 9.47 Å². The number of aryl methyl sites for hydroxylation is 1. The van der Waals surface area contributed by atoms with Crippen LogP contribution in [0.3, 0.4) is 0 Å². The van der Waals surface area contributed by atoms with Crippen molar-refractivity contribution in [1.29, 1.82) is 0 Å². The summed E-state index contributed by atoms with van der Waals surface area (Å²) in [5, 5.41) is 0. The Morgan fingerprint density at radius 3 is 2.65 bits per heavy atom. The zero-order valence-corrected chi connectivity index (χ0v) is 11.4. The summed E-state index contributed by atoms with van der Waals surface area (Å²) in [6.45, 7) is 1.63. The molecule has 0 aliphatic rings. The minimum Gasteiger partial charge on any atom is -0.496 e. The van der Waals surface area contributed by atoms with Gasteiger partial charge in [0, 0.05) is 6.07 Å². The van der Waals surface area contributed by atoms with Gasteiger partial charge in [-0.05, 0) is 30.7 Å². The van der Waals surface area contributed by atoms with Crippen molar-refractivity contribution in [3.8, 4) is 11.5 Å². The Morgan fingerprint density at radius 1 is 1.15 bits per heavy atom. The molecule has 0 bridgehead atoms. The summed E-state index contributed by atoms with van der Waals surface area (Å²) in [7, 11) is 1.50. The van der Waals surface area contributed by atoms with Crippen LogP contribution in [-0.2, 0) is 0 Å². The largest absolute Gasteiger partial charge is 0.496 e. The molecule has 0 aliphatic heterocycles. The fourth-order valence-electron chi connectivity index (χ4n) is 1.83. The van der Waals surface area contributed by atoms with Crippen molar-refractivity contribution in [1.82, 2.24) is 0 Å². The van der Waals surface area contributed by atoms with E-state index in [2.05, 4.69) is 0 Å². The second-order valence-electron chi connectivity index (χ2n) is 4.32. The molecule has 0 heterocycles. The molecule has 0 radical (unpaired) electrons. The Balaban J connectivity index is 2.11. The number of para-hydroxylation sites is 1. The van der Waals surface area contributed by atoms with Crippen molar-refractivity contribution < 1.29 is 18.7 Å². The molecule has 2 rings (SSSR count). The van der Waals surface area contributed by atoms with Gasteiger partial charge in [-0.1, -0.05) is 18.2 Å². The van der Waals surface area contributed by atoms with Gasteiger partial charge in [0.25, 0.3) is 0 Å². The normalized spacial score (nSPS) is 10.2. The van der Waals surface area contributed by atoms with E-state index >= 15 is 0 Å². The topological polar surface area (TPSA) is 35.5 Å². The molecule has 4 heteroatoms. The second-order valence-corrected chi connectivity index (χ2v) is 4.32. The molecule has 0 N–H and O–H groups in total. The van der Waals surface area contributed by atoms with E-state index < -0.39 is 5.82 Å². The Labute approximate surface area is 117 Å². The summed E-state index contributed by atoms with van der Waals surface area (Å²) < 4.78 is 23.6. The molecule has 0 aromatic heterocycles. The quantitative estimate of drug-likeness (QED) is 0.784. The number of carbonyl (C=O) groups excluding carboxylic acids is 1. The van der Waals surface area contributed by atoms with Crippen molar-refractivity contribution in [3.63, 3.8) is 0 Å². The number of benzene rings is 2. The number of ketones is 1. The van der Waals surface area contributed by atoms with E-state index in [0.717, 1.165) is 5.56 Å². The fraction of sp³-hybridized carbons (Fsp3) is 0.188. The van der Waals surface area contributed by atoms with Gasteiger partial charge in [0.15, 0.2) is 6.61 Å². The predicted octanol–water partition coefficient (Wildman–Crippen LogP) is 3.40. The van der Waals surface area contributed by atoms with Crippen molar-refractivity contribution in [2.24, 2.45) is 0 Å². The Hall–Kier alpha value is -2.36. The van der Waals surface area contributed by atoms with Gasteiger partial charge in [0.1, 0.15) is 17.3 Å². The first-order valence-electron chi connectivity index (χ1n) is 6.17. The molecule has 20 heavy (non-hydrogen) atoms. The third-order valence-corrected chi connectivity index (χ3v) is 2.92. The van der Waals surface area contributed by atoms with E-state index in [1.165, 1.54) is 19.2 Å². The van der Waals surface area contributed by atoms with E-state index in [4.69, 9.17) is 9.47 Å². The summed E-state index contributed by atoms with van der Waals surface area (Å²) >= 11 is 0. The number of methoxy groups -OCH3 is 1. The van der Waals surface area contributed by atoms with Crippen LogP contribution >= 0.6 is 0 Å². The molecule has 3 nitrogen and oxygen atoms in total. The summed E-state index contributed by atoms with van der Waals surface area (Å²) in [4.78, 5) is 12.1. The van der Waals surface area contributed by atoms with Crippen LogP contribution in [0.2, 0.25) is 0 Å². The van der Waals surface area contributed by atoms with Crippen LogP contribution in [0.5, 0.6) is 11.5 Å². The van der Waals surface area contributed by atoms with Crippen LogP contribution in [0.25, 0.3) is 0 Å². The van der Waals surface area contributed by atoms with Crippen molar-refractivity contribution in [3.05, 3.63) is 59.4 Å². The number of carbonyl (C=O) groups is 1. The fourth-order valence-corrected chi connectivity index (χ4v) is 1.83. The average molecular weight is 274 g/mol. The maximum atomic E-state index is 13.1. The molecule has 104 valence electrons. The highest BCUT2D eigenvalue weighted by atomic mass is 19.1. The SMILES string of the molecule is COc1ccccc1C(=O)COc1cc(F)ccc1C. The van der Waals surface area contributed by atoms with Crippen molar-refractivity contribution in [2.75, 3.05) is 13.7 Å². The Bertz CT molecular complexity index is 623. The van der Waals surface area contributed by atoms with Gasteiger partial charge in [-0.15, -0.1) is 0 Å². The lowest BCUT2D eigenvalue weighted by atomic mass is 10.1. The molecule has 0 fully saturated rings. The first-order chi connectivity index (χ1) is 9.61. The van der Waals surface area contributed by atoms with Gasteiger partial charge >= 0.3 is 0 Å². The van der Waals surface area contributed by atoms with Crippen LogP contribution in [0.1, 0.15) is 15.9 Å². The molecule has 0 amide bonds. The number of halogens is 1. The van der Waals surface area contributed by atoms with Gasteiger partial charge in [-0.2, -0.15) is 0 Å². The molecule has 2 aromatic rings. The van der Waals surface area contributed by atoms with Crippen molar-refractivity contribution in [2.45, 2.75) is 6.92 Å². The monoisotopic (exact) mass is 274 g/mol. The number of rotatable bonds is 5. The minimum absolute atomic E-state index is 0.162. The van der Waals surface area contributed by atoms with E-state index in [9.17, 15) is 9.18 Å². The van der Waals surface area contributed by atoms with E-state index in [-0.39, 0.29) is 12.4 Å². The first kappa shape index (κ1) is 14.1. The average Bonchev–Trinajstić information content (AvgIpc) is 2.47. The zero-order chi connectivity index (χ0) is 14.5. The maximum absolute atomic E-state index is 13.1. The lowest BCUT2D eigenvalue weighted by Gasteiger charge is -2.10. The molecule has 0 spiro atoms. The molecular formula is C16H15FO3. The van der Waals surface area contributed by atoms with E-state index in [0.29, 0.717) is 17.1 Å². The number of ether oxygens (including phenoxy) is 2. The third kappa shape index (κ3) is 3.15. The van der Waals surface area contributed by atoms with Crippen LogP contribution < -0.4 is 9.47 Å². The van der Waals surface area contributed by atoms with E-state index in [1.54, 1.807) is 37.3 Å². The van der Waals surface area contributed by atoms with Crippen molar-refractivity contribution >= 4 is 5.78 Å². The summed E-state index contributed by atoms with van der Waals surface area (Å²) in [5.74, 6) is 0.256. The summed E-state index contributed by atoms with van der Waals surface area (Å²) in [5.41, 5.74) is 1.23. The number of Topliss-reactive ketones (excluding diaryl/α,β-unsaturated/α-hetero) is 1. The molecule has 0 aliphatic carbocycles. The molecule has 0 saturated heterocycles. The Kier molecular flexibility index (Phi) is 4.35. The first-order valence-corrected chi connectivity index (χ1v) is 6.17. The highest BCUT2D eigenvalue weighted by Crippen LogP contribution is 2.21. The summed E-state index contributed by atoms with van der Waals surface area (Å²) in [6, 6.07) is 11.1. The van der Waals surface area contributed by atoms with Gasteiger partial charge in [0.05, 0.1) is 12.7 Å². The predicted molar refractivity (Wildman–Crippen MR) is 74.0 cm³/mol. The Morgan fingerprint density at radius 2 is 1.90 bits per heavy atom. The van der Waals surface area contributed by atoms with E-state index in [1.807, 2.05) is 0 Å². The molecule has 0 unspecified atom stereocenters. The highest BCUT2D eigenvalue weighted by Gasteiger charge is 2.13. The smallest absolute Gasteiger partial charge is 0.203 e. The lowest BCUT2D eigenvalue weighted by molar-refractivity contribution is 0.0917. The highest BCUT2D eigenvalue weighted by molar-refractivity contribution is 5.99. The van der Waals surface area contributed by atoms with Gasteiger partial charge in [-0.3, -0.25) is 4.79 Å². The number of hydrogen-bond acceptors (Lipinski definition) is 3. The summed E-state index contributed by atoms with van der Waals surface area (Å²) in [6.07, 6.45) is 0. The molecular weight excluding hydrogens is 259 g/mol. The van der Waals surface area contributed by atoms with Crippen LogP contribution in [0.4, 0.5) is 4.39 Å². The van der Waals surface area contributed by atoms with Gasteiger partial charge in [-0.25, -0.2) is 4.39 Å². The van der Waals surface area contributed by atoms with Crippen LogP contribution in [-0.4, -0.2) is 19.5 Å². The molecule has 2 aromatic carbocycles. The lowest BCUT2D eigenvalue weighted by Crippen LogP contribution is -2.13. The number of hydrogen-bond donors (Lipinski definition) is 0. The van der Waals surface area contributed by atoms with Crippen LogP contribution in [0, 0.1) is 12.7 Å². The standard InChI is InChI=1S/C16H15FO3/c1-11-7-8-12(17)9-16(11)20-10-14(18)13-5-3-4-6-15(13)19-2/h3-9H,10H2,1-2H3. The zero-order valence-electron chi connectivity index (χ0n) is 11.4. The second kappa shape index (κ2) is 6.19. The minimum atomic E-state index is -0.393. The molecule has 0 atom stereocenters.